The average molecular weight is 276 g/mol. The first kappa shape index (κ1) is 13.6. The number of hydrogen-bond acceptors (Lipinski definition) is 2. The standard InChI is InChI=1S/C18H32N2/c1-2-4-8-16(7-3-1)20-14-18(11-5-6-12-18)19-13-17(20)15-9-10-15/h15-17,19H,1-14H2. The maximum absolute atomic E-state index is 4.01. The summed E-state index contributed by atoms with van der Waals surface area (Å²) in [5, 5.41) is 4.01. The maximum atomic E-state index is 4.01. The highest BCUT2D eigenvalue weighted by atomic mass is 15.3. The van der Waals surface area contributed by atoms with Gasteiger partial charge in [-0.25, -0.2) is 0 Å². The third kappa shape index (κ3) is 2.66. The van der Waals surface area contributed by atoms with Gasteiger partial charge in [-0.15, -0.1) is 0 Å². The second kappa shape index (κ2) is 5.61. The smallest absolute Gasteiger partial charge is 0.0309 e. The molecule has 114 valence electrons. The van der Waals surface area contributed by atoms with Gasteiger partial charge in [-0.1, -0.05) is 38.5 Å². The number of nitrogens with one attached hydrogen (secondary N) is 1. The SMILES string of the molecule is C1CCCC(N2CC3(CCCC3)NCC2C2CC2)CC1. The van der Waals surface area contributed by atoms with Gasteiger partial charge in [0.25, 0.3) is 0 Å². The third-order valence-electron chi connectivity index (χ3n) is 6.62. The Morgan fingerprint density at radius 3 is 2.15 bits per heavy atom. The number of hydrogen-bond donors (Lipinski definition) is 1. The zero-order valence-corrected chi connectivity index (χ0v) is 13.1. The van der Waals surface area contributed by atoms with Crippen LogP contribution in [0.4, 0.5) is 0 Å². The summed E-state index contributed by atoms with van der Waals surface area (Å²) < 4.78 is 0. The Morgan fingerprint density at radius 2 is 1.50 bits per heavy atom. The lowest BCUT2D eigenvalue weighted by Crippen LogP contribution is -2.65. The summed E-state index contributed by atoms with van der Waals surface area (Å²) in [6, 6.07) is 1.80. The molecule has 0 radical (unpaired) electrons. The van der Waals surface area contributed by atoms with Crippen molar-refractivity contribution in [3.63, 3.8) is 0 Å². The Hall–Kier alpha value is -0.0800. The lowest BCUT2D eigenvalue weighted by atomic mass is 9.88. The van der Waals surface area contributed by atoms with Gasteiger partial charge in [-0.2, -0.15) is 0 Å². The Morgan fingerprint density at radius 1 is 0.800 bits per heavy atom. The largest absolute Gasteiger partial charge is 0.308 e. The minimum atomic E-state index is 0.512. The number of nitrogens with zero attached hydrogens (tertiary/aromatic N) is 1. The number of piperazine rings is 1. The van der Waals surface area contributed by atoms with Crippen molar-refractivity contribution in [3.05, 3.63) is 0 Å². The first-order valence-electron chi connectivity index (χ1n) is 9.37. The fourth-order valence-electron chi connectivity index (χ4n) is 5.26. The first-order chi connectivity index (χ1) is 9.86. The van der Waals surface area contributed by atoms with E-state index in [9.17, 15) is 0 Å². The van der Waals surface area contributed by atoms with Crippen molar-refractivity contribution in [1.29, 1.82) is 0 Å². The molecule has 0 aromatic rings. The Kier molecular flexibility index (Phi) is 3.80. The molecule has 3 aliphatic carbocycles. The fourth-order valence-corrected chi connectivity index (χ4v) is 5.26. The van der Waals surface area contributed by atoms with Gasteiger partial charge in [0.1, 0.15) is 0 Å². The summed E-state index contributed by atoms with van der Waals surface area (Å²) in [6.07, 6.45) is 17.7. The van der Waals surface area contributed by atoms with Crippen molar-refractivity contribution in [3.8, 4) is 0 Å². The fraction of sp³-hybridized carbons (Fsp3) is 1.00. The molecule has 20 heavy (non-hydrogen) atoms. The zero-order chi connectivity index (χ0) is 13.4. The molecule has 1 spiro atoms. The van der Waals surface area contributed by atoms with Crippen LogP contribution in [0.2, 0.25) is 0 Å². The summed E-state index contributed by atoms with van der Waals surface area (Å²) >= 11 is 0. The Labute approximate surface area is 124 Å². The first-order valence-corrected chi connectivity index (χ1v) is 9.37. The van der Waals surface area contributed by atoms with E-state index in [1.165, 1.54) is 90.1 Å². The van der Waals surface area contributed by atoms with Gasteiger partial charge in [0.05, 0.1) is 0 Å². The monoisotopic (exact) mass is 276 g/mol. The predicted molar refractivity (Wildman–Crippen MR) is 83.9 cm³/mol. The molecule has 0 amide bonds. The van der Waals surface area contributed by atoms with Crippen LogP contribution in [-0.4, -0.2) is 35.6 Å². The highest BCUT2D eigenvalue weighted by Crippen LogP contribution is 2.42. The van der Waals surface area contributed by atoms with Crippen LogP contribution in [0.1, 0.15) is 77.0 Å². The molecule has 4 aliphatic rings. The van der Waals surface area contributed by atoms with E-state index in [2.05, 4.69) is 10.2 Å². The molecule has 4 rings (SSSR count). The molecule has 1 atom stereocenters. The lowest BCUT2D eigenvalue weighted by molar-refractivity contribution is 0.0268. The lowest BCUT2D eigenvalue weighted by Gasteiger charge is -2.50. The van der Waals surface area contributed by atoms with Crippen molar-refractivity contribution < 1.29 is 0 Å². The van der Waals surface area contributed by atoms with Crippen LogP contribution < -0.4 is 5.32 Å². The molecule has 1 heterocycles. The summed E-state index contributed by atoms with van der Waals surface area (Å²) in [4.78, 5) is 3.02. The molecule has 1 aliphatic heterocycles. The second-order valence-corrected chi connectivity index (χ2v) is 8.09. The predicted octanol–water partition coefficient (Wildman–Crippen LogP) is 3.71. The van der Waals surface area contributed by atoms with Gasteiger partial charge in [-0.05, 0) is 44.4 Å². The quantitative estimate of drug-likeness (QED) is 0.774. The molecule has 3 saturated carbocycles. The molecule has 2 heteroatoms. The second-order valence-electron chi connectivity index (χ2n) is 8.09. The molecular weight excluding hydrogens is 244 g/mol. The number of rotatable bonds is 2. The van der Waals surface area contributed by atoms with Crippen molar-refractivity contribution in [2.45, 2.75) is 94.7 Å². The van der Waals surface area contributed by atoms with Gasteiger partial charge in [0.2, 0.25) is 0 Å². The maximum Gasteiger partial charge on any atom is 0.0309 e. The van der Waals surface area contributed by atoms with E-state index >= 15 is 0 Å². The minimum Gasteiger partial charge on any atom is -0.308 e. The third-order valence-corrected chi connectivity index (χ3v) is 6.62. The van der Waals surface area contributed by atoms with Crippen LogP contribution in [0.15, 0.2) is 0 Å². The zero-order valence-electron chi connectivity index (χ0n) is 13.1. The van der Waals surface area contributed by atoms with Gasteiger partial charge in [0.15, 0.2) is 0 Å². The normalized spacial score (nSPS) is 36.3. The molecular formula is C18H32N2. The molecule has 1 saturated heterocycles. The van der Waals surface area contributed by atoms with Crippen molar-refractivity contribution in [1.82, 2.24) is 10.2 Å². The van der Waals surface area contributed by atoms with Crippen LogP contribution in [0.3, 0.4) is 0 Å². The van der Waals surface area contributed by atoms with Crippen LogP contribution in [0.5, 0.6) is 0 Å². The van der Waals surface area contributed by atoms with E-state index in [4.69, 9.17) is 0 Å². The van der Waals surface area contributed by atoms with Gasteiger partial charge < -0.3 is 5.32 Å². The van der Waals surface area contributed by atoms with E-state index in [0.717, 1.165) is 18.0 Å². The summed E-state index contributed by atoms with van der Waals surface area (Å²) in [6.45, 7) is 2.67. The van der Waals surface area contributed by atoms with Crippen LogP contribution in [-0.2, 0) is 0 Å². The van der Waals surface area contributed by atoms with E-state index in [-0.39, 0.29) is 0 Å². The highest BCUT2D eigenvalue weighted by molar-refractivity contribution is 5.05. The summed E-state index contributed by atoms with van der Waals surface area (Å²) in [5.74, 6) is 1.03. The van der Waals surface area contributed by atoms with Crippen LogP contribution >= 0.6 is 0 Å². The Bertz CT molecular complexity index is 322. The highest BCUT2D eigenvalue weighted by Gasteiger charge is 2.47. The van der Waals surface area contributed by atoms with Gasteiger partial charge >= 0.3 is 0 Å². The van der Waals surface area contributed by atoms with E-state index < -0.39 is 0 Å². The summed E-state index contributed by atoms with van der Waals surface area (Å²) in [7, 11) is 0. The molecule has 0 aromatic heterocycles. The van der Waals surface area contributed by atoms with Crippen molar-refractivity contribution in [2.75, 3.05) is 13.1 Å². The van der Waals surface area contributed by atoms with E-state index in [1.807, 2.05) is 0 Å². The van der Waals surface area contributed by atoms with Crippen molar-refractivity contribution >= 4 is 0 Å². The molecule has 2 nitrogen and oxygen atoms in total. The molecule has 0 bridgehead atoms. The Balaban J connectivity index is 1.50. The van der Waals surface area contributed by atoms with Crippen LogP contribution in [0, 0.1) is 5.92 Å². The molecule has 1 unspecified atom stereocenters. The van der Waals surface area contributed by atoms with Crippen molar-refractivity contribution in [2.24, 2.45) is 5.92 Å². The molecule has 1 N–H and O–H groups in total. The summed E-state index contributed by atoms with van der Waals surface area (Å²) in [5.41, 5.74) is 0.512. The minimum absolute atomic E-state index is 0.512. The van der Waals surface area contributed by atoms with Gasteiger partial charge in [0, 0.05) is 30.7 Å². The molecule has 4 fully saturated rings. The molecule has 0 aromatic carbocycles. The topological polar surface area (TPSA) is 15.3 Å². The van der Waals surface area contributed by atoms with Crippen LogP contribution in [0.25, 0.3) is 0 Å². The van der Waals surface area contributed by atoms with Gasteiger partial charge in [-0.3, -0.25) is 4.90 Å². The van der Waals surface area contributed by atoms with E-state index in [0.29, 0.717) is 5.54 Å². The average Bonchev–Trinajstić information content (AvgIpc) is 3.26. The van der Waals surface area contributed by atoms with E-state index in [1.54, 1.807) is 0 Å².